The largest absolute Gasteiger partial charge is 0.383 e. The van der Waals surface area contributed by atoms with Crippen molar-refractivity contribution in [1.29, 1.82) is 0 Å². The summed E-state index contributed by atoms with van der Waals surface area (Å²) in [6, 6.07) is 0.272. The van der Waals surface area contributed by atoms with E-state index in [0.717, 1.165) is 19.3 Å². The highest BCUT2D eigenvalue weighted by Crippen LogP contribution is 2.29. The molecule has 4 nitrogen and oxygen atoms in total. The summed E-state index contributed by atoms with van der Waals surface area (Å²) in [5.41, 5.74) is 5.95. The third-order valence-electron chi connectivity index (χ3n) is 3.59. The van der Waals surface area contributed by atoms with Crippen LogP contribution in [0.1, 0.15) is 26.2 Å². The van der Waals surface area contributed by atoms with Crippen LogP contribution in [0.5, 0.6) is 0 Å². The van der Waals surface area contributed by atoms with E-state index in [4.69, 9.17) is 10.5 Å². The van der Waals surface area contributed by atoms with E-state index in [1.807, 2.05) is 7.05 Å². The molecule has 0 saturated heterocycles. The summed E-state index contributed by atoms with van der Waals surface area (Å²) in [7, 11) is 3.50. The molecule has 1 aliphatic rings. The van der Waals surface area contributed by atoms with Crippen molar-refractivity contribution in [3.8, 4) is 0 Å². The molecule has 1 fully saturated rings. The van der Waals surface area contributed by atoms with Crippen molar-refractivity contribution < 1.29 is 9.53 Å². The number of nitrogens with zero attached hydrogens (tertiary/aromatic N) is 1. The first-order valence-corrected chi connectivity index (χ1v) is 6.05. The molecule has 1 amide bonds. The molecule has 0 heterocycles. The molecule has 0 radical (unpaired) electrons. The number of hydrogen-bond donors (Lipinski definition) is 1. The van der Waals surface area contributed by atoms with E-state index >= 15 is 0 Å². The van der Waals surface area contributed by atoms with Gasteiger partial charge in [-0.25, -0.2) is 0 Å². The summed E-state index contributed by atoms with van der Waals surface area (Å²) in [5.74, 6) is 0.867. The van der Waals surface area contributed by atoms with E-state index in [2.05, 4.69) is 6.92 Å². The van der Waals surface area contributed by atoms with E-state index in [1.165, 1.54) is 0 Å². The number of carbonyl (C=O) groups is 1. The Hall–Kier alpha value is -0.610. The molecule has 1 aliphatic carbocycles. The summed E-state index contributed by atoms with van der Waals surface area (Å²) in [5, 5.41) is 0. The Morgan fingerprint density at radius 1 is 1.50 bits per heavy atom. The van der Waals surface area contributed by atoms with Crippen molar-refractivity contribution in [3.05, 3.63) is 0 Å². The van der Waals surface area contributed by atoms with Gasteiger partial charge < -0.3 is 15.4 Å². The Labute approximate surface area is 98.1 Å². The minimum absolute atomic E-state index is 0.164. The smallest absolute Gasteiger partial charge is 0.225 e. The minimum atomic E-state index is 0.164. The fraction of sp³-hybridized carbons (Fsp3) is 0.917. The maximum atomic E-state index is 12.1. The molecule has 2 N–H and O–H groups in total. The van der Waals surface area contributed by atoms with E-state index in [9.17, 15) is 4.79 Å². The molecule has 1 saturated carbocycles. The third kappa shape index (κ3) is 3.46. The summed E-state index contributed by atoms with van der Waals surface area (Å²) < 4.78 is 4.97. The summed E-state index contributed by atoms with van der Waals surface area (Å²) in [6.07, 6.45) is 2.83. The summed E-state index contributed by atoms with van der Waals surface area (Å²) >= 11 is 0. The lowest BCUT2D eigenvalue weighted by Crippen LogP contribution is -2.42. The molecule has 0 aromatic carbocycles. The number of rotatable bonds is 4. The molecule has 0 spiro atoms. The van der Waals surface area contributed by atoms with Gasteiger partial charge in [-0.05, 0) is 25.2 Å². The lowest BCUT2D eigenvalue weighted by molar-refractivity contribution is -0.136. The highest BCUT2D eigenvalue weighted by Gasteiger charge is 2.30. The molecule has 0 aliphatic heterocycles. The zero-order chi connectivity index (χ0) is 12.1. The maximum absolute atomic E-state index is 12.1. The lowest BCUT2D eigenvalue weighted by atomic mass is 9.79. The molecule has 0 aromatic rings. The lowest BCUT2D eigenvalue weighted by Gasteiger charge is -2.33. The quantitative estimate of drug-likeness (QED) is 0.776. The van der Waals surface area contributed by atoms with Crippen LogP contribution in [0.4, 0.5) is 0 Å². The number of ether oxygens (including phenoxy) is 1. The van der Waals surface area contributed by atoms with E-state index in [0.29, 0.717) is 19.1 Å². The van der Waals surface area contributed by atoms with Gasteiger partial charge in [0.15, 0.2) is 0 Å². The Balaban J connectivity index is 2.42. The molecule has 0 aromatic heterocycles. The zero-order valence-electron chi connectivity index (χ0n) is 10.6. The molecule has 4 heteroatoms. The average Bonchev–Trinajstić information content (AvgIpc) is 2.28. The van der Waals surface area contributed by atoms with Gasteiger partial charge in [-0.2, -0.15) is 0 Å². The van der Waals surface area contributed by atoms with Gasteiger partial charge >= 0.3 is 0 Å². The summed E-state index contributed by atoms with van der Waals surface area (Å²) in [6.45, 7) is 3.41. The van der Waals surface area contributed by atoms with E-state index < -0.39 is 0 Å². The Bertz CT molecular complexity index is 233. The van der Waals surface area contributed by atoms with Crippen molar-refractivity contribution in [2.24, 2.45) is 17.6 Å². The standard InChI is InChI=1S/C12H24N2O2/c1-9-8-10(4-5-11(9)13)12(15)14(2)6-7-16-3/h9-11H,4-8,13H2,1-3H3. The number of hydrogen-bond acceptors (Lipinski definition) is 3. The number of nitrogens with two attached hydrogens (primary N) is 1. The highest BCUT2D eigenvalue weighted by atomic mass is 16.5. The van der Waals surface area contributed by atoms with Crippen LogP contribution in [0.3, 0.4) is 0 Å². The van der Waals surface area contributed by atoms with Gasteiger partial charge in [0.25, 0.3) is 0 Å². The Kier molecular flexibility index (Phi) is 5.22. The zero-order valence-corrected chi connectivity index (χ0v) is 10.6. The molecular weight excluding hydrogens is 204 g/mol. The van der Waals surface area contributed by atoms with Crippen LogP contribution in [-0.2, 0) is 9.53 Å². The van der Waals surface area contributed by atoms with E-state index in [1.54, 1.807) is 12.0 Å². The monoisotopic (exact) mass is 228 g/mol. The average molecular weight is 228 g/mol. The predicted molar refractivity (Wildman–Crippen MR) is 64.0 cm³/mol. The SMILES string of the molecule is COCCN(C)C(=O)C1CCC(N)C(C)C1. The normalized spacial score (nSPS) is 30.1. The van der Waals surface area contributed by atoms with Gasteiger partial charge in [0.05, 0.1) is 6.61 Å². The predicted octanol–water partition coefficient (Wildman–Crippen LogP) is 0.855. The number of methoxy groups -OCH3 is 1. The summed E-state index contributed by atoms with van der Waals surface area (Å²) in [4.78, 5) is 13.9. The van der Waals surface area contributed by atoms with Crippen LogP contribution in [0.15, 0.2) is 0 Å². The molecule has 3 unspecified atom stereocenters. The number of amides is 1. The second-order valence-corrected chi connectivity index (χ2v) is 4.90. The van der Waals surface area contributed by atoms with Gasteiger partial charge in [0.1, 0.15) is 0 Å². The van der Waals surface area contributed by atoms with Crippen molar-refractivity contribution in [2.75, 3.05) is 27.3 Å². The van der Waals surface area contributed by atoms with Gasteiger partial charge in [-0.3, -0.25) is 4.79 Å². The van der Waals surface area contributed by atoms with Gasteiger partial charge in [-0.15, -0.1) is 0 Å². The second kappa shape index (κ2) is 6.21. The van der Waals surface area contributed by atoms with Crippen molar-refractivity contribution in [1.82, 2.24) is 4.90 Å². The van der Waals surface area contributed by atoms with Crippen molar-refractivity contribution >= 4 is 5.91 Å². The Morgan fingerprint density at radius 3 is 2.75 bits per heavy atom. The second-order valence-electron chi connectivity index (χ2n) is 4.90. The first-order valence-electron chi connectivity index (χ1n) is 6.05. The molecule has 94 valence electrons. The fourth-order valence-electron chi connectivity index (χ4n) is 2.29. The first-order chi connectivity index (χ1) is 7.56. The topological polar surface area (TPSA) is 55.6 Å². The third-order valence-corrected chi connectivity index (χ3v) is 3.59. The first kappa shape index (κ1) is 13.5. The van der Waals surface area contributed by atoms with Gasteiger partial charge in [-0.1, -0.05) is 6.92 Å². The van der Waals surface area contributed by atoms with Gasteiger partial charge in [0.2, 0.25) is 5.91 Å². The molecular formula is C12H24N2O2. The fourth-order valence-corrected chi connectivity index (χ4v) is 2.29. The van der Waals surface area contributed by atoms with Gasteiger partial charge in [0, 0.05) is 32.7 Å². The molecule has 0 bridgehead atoms. The maximum Gasteiger partial charge on any atom is 0.225 e. The van der Waals surface area contributed by atoms with Crippen LogP contribution >= 0.6 is 0 Å². The molecule has 16 heavy (non-hydrogen) atoms. The van der Waals surface area contributed by atoms with E-state index in [-0.39, 0.29) is 17.9 Å². The number of carbonyl (C=O) groups excluding carboxylic acids is 1. The van der Waals surface area contributed by atoms with Crippen molar-refractivity contribution in [2.45, 2.75) is 32.2 Å². The van der Waals surface area contributed by atoms with Crippen LogP contribution < -0.4 is 5.73 Å². The highest BCUT2D eigenvalue weighted by molar-refractivity contribution is 5.78. The minimum Gasteiger partial charge on any atom is -0.383 e. The van der Waals surface area contributed by atoms with Crippen LogP contribution in [-0.4, -0.2) is 44.2 Å². The van der Waals surface area contributed by atoms with Crippen molar-refractivity contribution in [3.63, 3.8) is 0 Å². The van der Waals surface area contributed by atoms with Crippen LogP contribution in [0.25, 0.3) is 0 Å². The van der Waals surface area contributed by atoms with Crippen LogP contribution in [0, 0.1) is 11.8 Å². The molecule has 1 rings (SSSR count). The molecule has 3 atom stereocenters. The number of likely N-dealkylation sites (N-methyl/N-ethyl adjacent to an activating group) is 1. The Morgan fingerprint density at radius 2 is 2.19 bits per heavy atom. The van der Waals surface area contributed by atoms with Crippen LogP contribution in [0.2, 0.25) is 0 Å².